The van der Waals surface area contributed by atoms with Crippen molar-refractivity contribution in [3.63, 3.8) is 0 Å². The highest BCUT2D eigenvalue weighted by Crippen LogP contribution is 2.29. The smallest absolute Gasteiger partial charge is 0.167 e. The molecule has 1 fully saturated rings. The number of hydrogen-bond acceptors (Lipinski definition) is 3. The summed E-state index contributed by atoms with van der Waals surface area (Å²) in [5.41, 5.74) is 5.41. The van der Waals surface area contributed by atoms with E-state index < -0.39 is 0 Å². The van der Waals surface area contributed by atoms with E-state index in [-0.39, 0.29) is 0 Å². The molecule has 60 valence electrons. The van der Waals surface area contributed by atoms with E-state index >= 15 is 0 Å². The van der Waals surface area contributed by atoms with Crippen molar-refractivity contribution < 1.29 is 4.52 Å². The maximum Gasteiger partial charge on any atom is 0.167 e. The highest BCUT2D eigenvalue weighted by atomic mass is 16.5. The van der Waals surface area contributed by atoms with Gasteiger partial charge in [0.1, 0.15) is 5.76 Å². The van der Waals surface area contributed by atoms with Crippen LogP contribution in [0.1, 0.15) is 25.0 Å². The molecule has 0 amide bonds. The van der Waals surface area contributed by atoms with Gasteiger partial charge in [0.05, 0.1) is 0 Å². The molecule has 0 aliphatic heterocycles. The second kappa shape index (κ2) is 2.57. The molecule has 1 aliphatic rings. The van der Waals surface area contributed by atoms with E-state index in [4.69, 9.17) is 10.3 Å². The van der Waals surface area contributed by atoms with Crippen molar-refractivity contribution in [3.8, 4) is 0 Å². The van der Waals surface area contributed by atoms with Crippen LogP contribution in [0.15, 0.2) is 10.6 Å². The van der Waals surface area contributed by atoms with E-state index in [0.717, 1.165) is 18.1 Å². The van der Waals surface area contributed by atoms with E-state index in [9.17, 15) is 0 Å². The van der Waals surface area contributed by atoms with E-state index in [2.05, 4.69) is 5.16 Å². The van der Waals surface area contributed by atoms with Gasteiger partial charge in [-0.3, -0.25) is 0 Å². The first-order valence-corrected chi connectivity index (χ1v) is 4.05. The van der Waals surface area contributed by atoms with Crippen LogP contribution >= 0.6 is 0 Å². The monoisotopic (exact) mass is 152 g/mol. The molecule has 1 saturated carbocycles. The van der Waals surface area contributed by atoms with Gasteiger partial charge < -0.3 is 10.3 Å². The summed E-state index contributed by atoms with van der Waals surface area (Å²) < 4.78 is 5.00. The zero-order chi connectivity index (χ0) is 7.68. The molecular formula is C8H12N2O. The number of anilines is 1. The Hall–Kier alpha value is -0.990. The molecule has 0 bridgehead atoms. The molecule has 3 nitrogen and oxygen atoms in total. The topological polar surface area (TPSA) is 52.0 Å². The largest absolute Gasteiger partial charge is 0.381 e. The van der Waals surface area contributed by atoms with E-state index in [0.29, 0.717) is 5.82 Å². The van der Waals surface area contributed by atoms with Crippen LogP contribution in [0.4, 0.5) is 5.82 Å². The molecule has 0 radical (unpaired) electrons. The fourth-order valence-electron chi connectivity index (χ4n) is 1.41. The van der Waals surface area contributed by atoms with Gasteiger partial charge in [-0.05, 0) is 5.92 Å². The fraction of sp³-hybridized carbons (Fsp3) is 0.625. The van der Waals surface area contributed by atoms with Crippen molar-refractivity contribution in [2.75, 3.05) is 5.73 Å². The summed E-state index contributed by atoms with van der Waals surface area (Å²) in [6.07, 6.45) is 5.06. The molecule has 0 atom stereocenters. The molecule has 3 heteroatoms. The fourth-order valence-corrected chi connectivity index (χ4v) is 1.41. The van der Waals surface area contributed by atoms with Gasteiger partial charge in [-0.25, -0.2) is 0 Å². The molecule has 1 heterocycles. The minimum atomic E-state index is 0.499. The predicted molar refractivity (Wildman–Crippen MR) is 42.0 cm³/mol. The van der Waals surface area contributed by atoms with Crippen LogP contribution in [0.5, 0.6) is 0 Å². The molecule has 1 aliphatic carbocycles. The summed E-state index contributed by atoms with van der Waals surface area (Å²) in [4.78, 5) is 0. The normalized spacial score (nSPS) is 18.2. The summed E-state index contributed by atoms with van der Waals surface area (Å²) in [6.45, 7) is 0. The van der Waals surface area contributed by atoms with E-state index in [1.165, 1.54) is 19.3 Å². The van der Waals surface area contributed by atoms with Crippen LogP contribution in [0.2, 0.25) is 0 Å². The van der Waals surface area contributed by atoms with Gasteiger partial charge in [-0.15, -0.1) is 0 Å². The third kappa shape index (κ3) is 1.37. The van der Waals surface area contributed by atoms with Crippen LogP contribution < -0.4 is 5.73 Å². The quantitative estimate of drug-likeness (QED) is 0.700. The summed E-state index contributed by atoms with van der Waals surface area (Å²) in [5.74, 6) is 2.26. The number of nitrogen functional groups attached to an aromatic ring is 1. The lowest BCUT2D eigenvalue weighted by molar-refractivity contribution is 0.278. The summed E-state index contributed by atoms with van der Waals surface area (Å²) in [5, 5.41) is 3.63. The lowest BCUT2D eigenvalue weighted by Gasteiger charge is -2.23. The average molecular weight is 152 g/mol. The zero-order valence-corrected chi connectivity index (χ0v) is 6.42. The summed E-state index contributed by atoms with van der Waals surface area (Å²) in [7, 11) is 0. The van der Waals surface area contributed by atoms with Crippen molar-refractivity contribution in [3.05, 3.63) is 11.8 Å². The summed E-state index contributed by atoms with van der Waals surface area (Å²) in [6, 6.07) is 1.82. The van der Waals surface area contributed by atoms with Gasteiger partial charge in [0.25, 0.3) is 0 Å². The van der Waals surface area contributed by atoms with Crippen molar-refractivity contribution in [1.82, 2.24) is 5.16 Å². The first-order valence-electron chi connectivity index (χ1n) is 4.05. The first-order chi connectivity index (χ1) is 5.34. The van der Waals surface area contributed by atoms with Crippen LogP contribution in [0, 0.1) is 5.92 Å². The van der Waals surface area contributed by atoms with Gasteiger partial charge in [0.2, 0.25) is 0 Å². The second-order valence-corrected chi connectivity index (χ2v) is 3.22. The maximum atomic E-state index is 5.41. The molecule has 1 aromatic rings. The molecule has 2 N–H and O–H groups in total. The van der Waals surface area contributed by atoms with Crippen molar-refractivity contribution >= 4 is 5.82 Å². The van der Waals surface area contributed by atoms with Gasteiger partial charge in [0.15, 0.2) is 5.82 Å². The minimum absolute atomic E-state index is 0.499. The van der Waals surface area contributed by atoms with Crippen molar-refractivity contribution in [2.45, 2.75) is 25.7 Å². The van der Waals surface area contributed by atoms with Crippen molar-refractivity contribution in [1.29, 1.82) is 0 Å². The highest BCUT2D eigenvalue weighted by Gasteiger charge is 2.19. The molecular weight excluding hydrogens is 140 g/mol. The molecule has 11 heavy (non-hydrogen) atoms. The molecule has 0 unspecified atom stereocenters. The Balaban J connectivity index is 1.95. The second-order valence-electron chi connectivity index (χ2n) is 3.22. The van der Waals surface area contributed by atoms with Crippen LogP contribution in [-0.4, -0.2) is 5.16 Å². The molecule has 2 rings (SSSR count). The lowest BCUT2D eigenvalue weighted by Crippen LogP contribution is -2.13. The Morgan fingerprint density at radius 3 is 2.91 bits per heavy atom. The molecule has 0 spiro atoms. The Morgan fingerprint density at radius 2 is 2.45 bits per heavy atom. The standard InChI is InChI=1S/C8H12N2O/c9-8-5-7(11-10-8)4-6-2-1-3-6/h5-6H,1-4H2,(H2,9,10). The van der Waals surface area contributed by atoms with E-state index in [1.54, 1.807) is 0 Å². The minimum Gasteiger partial charge on any atom is -0.381 e. The average Bonchev–Trinajstić information content (AvgIpc) is 2.27. The van der Waals surface area contributed by atoms with E-state index in [1.807, 2.05) is 6.07 Å². The Kier molecular flexibility index (Phi) is 1.56. The van der Waals surface area contributed by atoms with Gasteiger partial charge in [-0.1, -0.05) is 24.4 Å². The van der Waals surface area contributed by atoms with Gasteiger partial charge in [-0.2, -0.15) is 0 Å². The highest BCUT2D eigenvalue weighted by molar-refractivity contribution is 5.26. The van der Waals surface area contributed by atoms with Crippen LogP contribution in [0.25, 0.3) is 0 Å². The molecule has 0 saturated heterocycles. The van der Waals surface area contributed by atoms with Crippen molar-refractivity contribution in [2.24, 2.45) is 5.92 Å². The first kappa shape index (κ1) is 6.70. The lowest BCUT2D eigenvalue weighted by atomic mass is 9.82. The Bertz CT molecular complexity index is 240. The number of nitrogens with zero attached hydrogens (tertiary/aromatic N) is 1. The number of aromatic nitrogens is 1. The third-order valence-corrected chi connectivity index (χ3v) is 2.29. The molecule has 1 aromatic heterocycles. The predicted octanol–water partition coefficient (Wildman–Crippen LogP) is 1.60. The zero-order valence-electron chi connectivity index (χ0n) is 6.42. The number of hydrogen-bond donors (Lipinski definition) is 1. The van der Waals surface area contributed by atoms with Crippen LogP contribution in [-0.2, 0) is 6.42 Å². The SMILES string of the molecule is Nc1cc(CC2CCC2)on1. The summed E-state index contributed by atoms with van der Waals surface area (Å²) >= 11 is 0. The number of rotatable bonds is 2. The van der Waals surface area contributed by atoms with Crippen LogP contribution in [0.3, 0.4) is 0 Å². The van der Waals surface area contributed by atoms with Gasteiger partial charge >= 0.3 is 0 Å². The number of nitrogens with two attached hydrogens (primary N) is 1. The Morgan fingerprint density at radius 1 is 1.64 bits per heavy atom. The maximum absolute atomic E-state index is 5.41. The molecule has 0 aromatic carbocycles. The van der Waals surface area contributed by atoms with Gasteiger partial charge in [0, 0.05) is 12.5 Å². The third-order valence-electron chi connectivity index (χ3n) is 2.29. The Labute approximate surface area is 65.6 Å².